The molecule has 2 saturated carbocycles. The summed E-state index contributed by atoms with van der Waals surface area (Å²) in [7, 11) is 1.69. The molecule has 0 amide bonds. The minimum Gasteiger partial charge on any atom is -0.497 e. The van der Waals surface area contributed by atoms with Gasteiger partial charge in [0.1, 0.15) is 5.75 Å². The molecule has 2 atom stereocenters. The summed E-state index contributed by atoms with van der Waals surface area (Å²) in [6.45, 7) is 0.267. The van der Waals surface area contributed by atoms with Gasteiger partial charge in [0.25, 0.3) is 0 Å². The molecule has 2 aliphatic rings. The highest BCUT2D eigenvalue weighted by atomic mass is 32.2. The highest BCUT2D eigenvalue weighted by Gasteiger charge is 2.42. The van der Waals surface area contributed by atoms with E-state index in [1.807, 2.05) is 23.9 Å². The van der Waals surface area contributed by atoms with Crippen LogP contribution < -0.4 is 10.1 Å². The quantitative estimate of drug-likeness (QED) is 0.846. The summed E-state index contributed by atoms with van der Waals surface area (Å²) in [5, 5.41) is 14.0. The molecule has 1 aromatic rings. The molecule has 2 fully saturated rings. The Morgan fingerprint density at radius 2 is 2.05 bits per heavy atom. The lowest BCUT2D eigenvalue weighted by Crippen LogP contribution is -2.47. The number of methoxy groups -OCH3 is 1. The number of benzene rings is 1. The van der Waals surface area contributed by atoms with E-state index >= 15 is 0 Å². The van der Waals surface area contributed by atoms with Crippen LogP contribution in [-0.2, 0) is 0 Å². The fraction of sp³-hybridized carbons (Fsp3) is 0.625. The molecular formula is C16H23NO2S. The highest BCUT2D eigenvalue weighted by Crippen LogP contribution is 2.41. The van der Waals surface area contributed by atoms with E-state index in [0.29, 0.717) is 11.3 Å². The van der Waals surface area contributed by atoms with Crippen molar-refractivity contribution in [3.8, 4) is 5.75 Å². The van der Waals surface area contributed by atoms with Gasteiger partial charge in [-0.2, -0.15) is 0 Å². The fourth-order valence-electron chi connectivity index (χ4n) is 3.01. The van der Waals surface area contributed by atoms with E-state index in [0.717, 1.165) is 18.6 Å². The van der Waals surface area contributed by atoms with Gasteiger partial charge in [-0.05, 0) is 56.4 Å². The molecule has 3 rings (SSSR count). The smallest absolute Gasteiger partial charge is 0.118 e. The van der Waals surface area contributed by atoms with Crippen LogP contribution in [0.15, 0.2) is 29.2 Å². The summed E-state index contributed by atoms with van der Waals surface area (Å²) in [4.78, 5) is 1.29. The van der Waals surface area contributed by atoms with Crippen molar-refractivity contribution in [3.05, 3.63) is 24.3 Å². The molecule has 1 aromatic carbocycles. The lowest BCUT2D eigenvalue weighted by Gasteiger charge is -2.28. The van der Waals surface area contributed by atoms with Gasteiger partial charge in [0.15, 0.2) is 0 Å². The first-order valence-corrected chi connectivity index (χ1v) is 8.30. The summed E-state index contributed by atoms with van der Waals surface area (Å²) >= 11 is 1.93. The molecule has 3 nitrogen and oxygen atoms in total. The number of ether oxygens (including phenoxy) is 1. The van der Waals surface area contributed by atoms with Crippen LogP contribution in [0.5, 0.6) is 5.75 Å². The molecule has 2 N–H and O–H groups in total. The van der Waals surface area contributed by atoms with Crippen molar-refractivity contribution in [1.29, 1.82) is 0 Å². The zero-order chi connectivity index (χ0) is 14.0. The maximum absolute atomic E-state index is 9.76. The van der Waals surface area contributed by atoms with Crippen molar-refractivity contribution < 1.29 is 9.84 Å². The number of hydrogen-bond donors (Lipinski definition) is 2. The van der Waals surface area contributed by atoms with E-state index in [-0.39, 0.29) is 12.1 Å². The van der Waals surface area contributed by atoms with Crippen LogP contribution in [0.3, 0.4) is 0 Å². The average Bonchev–Trinajstić information content (AvgIpc) is 3.20. The number of aliphatic hydroxyl groups is 1. The van der Waals surface area contributed by atoms with Gasteiger partial charge in [0.05, 0.1) is 13.7 Å². The molecule has 0 bridgehead atoms. The van der Waals surface area contributed by atoms with Crippen molar-refractivity contribution in [2.24, 2.45) is 0 Å². The molecule has 2 unspecified atom stereocenters. The van der Waals surface area contributed by atoms with Crippen molar-refractivity contribution in [2.75, 3.05) is 13.7 Å². The van der Waals surface area contributed by atoms with E-state index in [1.54, 1.807) is 7.11 Å². The molecular weight excluding hydrogens is 270 g/mol. The molecule has 20 heavy (non-hydrogen) atoms. The number of thioether (sulfide) groups is 1. The van der Waals surface area contributed by atoms with Gasteiger partial charge in [-0.3, -0.25) is 0 Å². The normalized spacial score (nSPS) is 29.6. The second kappa shape index (κ2) is 5.96. The third-order valence-electron chi connectivity index (χ3n) is 4.32. The Morgan fingerprint density at radius 3 is 2.65 bits per heavy atom. The standard InChI is InChI=1S/C16H23NO2S/c1-19-13-4-6-14(7-5-13)20-15-8-9-16(10-15,11-18)17-12-2-3-12/h4-7,12,15,17-18H,2-3,8-11H2,1H3. The Morgan fingerprint density at radius 1 is 1.30 bits per heavy atom. The lowest BCUT2D eigenvalue weighted by molar-refractivity contribution is 0.163. The van der Waals surface area contributed by atoms with E-state index in [1.165, 1.54) is 24.2 Å². The van der Waals surface area contributed by atoms with Gasteiger partial charge in [-0.1, -0.05) is 0 Å². The van der Waals surface area contributed by atoms with Gasteiger partial charge in [0, 0.05) is 21.7 Å². The van der Waals surface area contributed by atoms with Crippen molar-refractivity contribution in [1.82, 2.24) is 5.32 Å². The molecule has 4 heteroatoms. The van der Waals surface area contributed by atoms with Crippen LogP contribution in [0, 0.1) is 0 Å². The zero-order valence-corrected chi connectivity index (χ0v) is 12.8. The molecule has 0 radical (unpaired) electrons. The minimum atomic E-state index is -0.0225. The second-order valence-electron chi connectivity index (χ2n) is 6.02. The van der Waals surface area contributed by atoms with E-state index in [4.69, 9.17) is 4.74 Å². The first-order chi connectivity index (χ1) is 9.73. The molecule has 0 aromatic heterocycles. The Hall–Kier alpha value is -0.710. The predicted octanol–water partition coefficient (Wildman–Crippen LogP) is 2.82. The summed E-state index contributed by atoms with van der Waals surface area (Å²) in [6, 6.07) is 8.93. The van der Waals surface area contributed by atoms with E-state index < -0.39 is 0 Å². The Kier molecular flexibility index (Phi) is 4.24. The third-order valence-corrected chi connectivity index (χ3v) is 5.60. The van der Waals surface area contributed by atoms with Crippen LogP contribution in [0.25, 0.3) is 0 Å². The number of nitrogens with one attached hydrogen (secondary N) is 1. The largest absolute Gasteiger partial charge is 0.497 e. The Labute approximate surface area is 125 Å². The fourth-order valence-corrected chi connectivity index (χ4v) is 4.32. The SMILES string of the molecule is COc1ccc(SC2CCC(CO)(NC3CC3)C2)cc1. The first-order valence-electron chi connectivity index (χ1n) is 7.42. The molecule has 110 valence electrons. The van der Waals surface area contributed by atoms with Crippen LogP contribution in [0.1, 0.15) is 32.1 Å². The predicted molar refractivity (Wildman–Crippen MR) is 82.5 cm³/mol. The monoisotopic (exact) mass is 293 g/mol. The van der Waals surface area contributed by atoms with Gasteiger partial charge >= 0.3 is 0 Å². The molecule has 2 aliphatic carbocycles. The van der Waals surface area contributed by atoms with Crippen LogP contribution in [0.4, 0.5) is 0 Å². The molecule has 0 heterocycles. The van der Waals surface area contributed by atoms with Gasteiger partial charge in [-0.25, -0.2) is 0 Å². The average molecular weight is 293 g/mol. The van der Waals surface area contributed by atoms with Crippen molar-refractivity contribution >= 4 is 11.8 Å². The van der Waals surface area contributed by atoms with Gasteiger partial charge in [-0.15, -0.1) is 11.8 Å². The van der Waals surface area contributed by atoms with Gasteiger partial charge < -0.3 is 15.2 Å². The maximum Gasteiger partial charge on any atom is 0.118 e. The molecule has 0 aliphatic heterocycles. The highest BCUT2D eigenvalue weighted by molar-refractivity contribution is 8.00. The minimum absolute atomic E-state index is 0.0225. The number of hydrogen-bond acceptors (Lipinski definition) is 4. The summed E-state index contributed by atoms with van der Waals surface area (Å²) in [5.41, 5.74) is -0.0225. The second-order valence-corrected chi connectivity index (χ2v) is 7.39. The van der Waals surface area contributed by atoms with Crippen LogP contribution in [0.2, 0.25) is 0 Å². The topological polar surface area (TPSA) is 41.5 Å². The molecule has 0 spiro atoms. The van der Waals surface area contributed by atoms with Crippen molar-refractivity contribution in [3.63, 3.8) is 0 Å². The summed E-state index contributed by atoms with van der Waals surface area (Å²) in [6.07, 6.45) is 5.89. The third kappa shape index (κ3) is 3.30. The molecule has 0 saturated heterocycles. The van der Waals surface area contributed by atoms with Crippen LogP contribution in [-0.4, -0.2) is 35.7 Å². The summed E-state index contributed by atoms with van der Waals surface area (Å²) < 4.78 is 5.19. The Balaban J connectivity index is 1.58. The van der Waals surface area contributed by atoms with Gasteiger partial charge in [0.2, 0.25) is 0 Å². The number of rotatable bonds is 6. The van der Waals surface area contributed by atoms with Crippen LogP contribution >= 0.6 is 11.8 Å². The first kappa shape index (κ1) is 14.2. The zero-order valence-electron chi connectivity index (χ0n) is 12.0. The van der Waals surface area contributed by atoms with E-state index in [2.05, 4.69) is 17.4 Å². The van der Waals surface area contributed by atoms with E-state index in [9.17, 15) is 5.11 Å². The van der Waals surface area contributed by atoms with Crippen molar-refractivity contribution in [2.45, 2.75) is 53.8 Å². The maximum atomic E-state index is 9.76. The summed E-state index contributed by atoms with van der Waals surface area (Å²) in [5.74, 6) is 0.904. The Bertz CT molecular complexity index is 446. The lowest BCUT2D eigenvalue weighted by atomic mass is 9.99. The number of aliphatic hydroxyl groups excluding tert-OH is 1.